The SMILES string of the molecule is CCCOC(=O)[C@@H]1[C@H]2C=C[C@@]3(CN([C@H](C)c4ccc(OC)cc4)C(=O)[C@@H]13)O2. The first-order valence-electron chi connectivity index (χ1n) is 9.49. The summed E-state index contributed by atoms with van der Waals surface area (Å²) in [6, 6.07) is 7.58. The zero-order valence-electron chi connectivity index (χ0n) is 15.9. The van der Waals surface area contributed by atoms with Crippen molar-refractivity contribution in [2.75, 3.05) is 20.3 Å². The minimum absolute atomic E-state index is 0.0383. The van der Waals surface area contributed by atoms with E-state index >= 15 is 0 Å². The van der Waals surface area contributed by atoms with Gasteiger partial charge >= 0.3 is 5.97 Å². The fourth-order valence-electron chi connectivity index (χ4n) is 4.49. The van der Waals surface area contributed by atoms with Gasteiger partial charge in [0.1, 0.15) is 17.3 Å². The molecule has 0 aromatic heterocycles. The van der Waals surface area contributed by atoms with Crippen molar-refractivity contribution >= 4 is 11.9 Å². The van der Waals surface area contributed by atoms with Crippen molar-refractivity contribution in [1.29, 1.82) is 0 Å². The summed E-state index contributed by atoms with van der Waals surface area (Å²) in [6.07, 6.45) is 4.26. The highest BCUT2D eigenvalue weighted by molar-refractivity contribution is 5.91. The van der Waals surface area contributed by atoms with Crippen LogP contribution in [0.15, 0.2) is 36.4 Å². The highest BCUT2D eigenvalue weighted by Gasteiger charge is 2.67. The predicted octanol–water partition coefficient (Wildman–Crippen LogP) is 2.49. The number of benzene rings is 1. The number of methoxy groups -OCH3 is 1. The molecule has 0 unspecified atom stereocenters. The van der Waals surface area contributed by atoms with Gasteiger partial charge in [-0.2, -0.15) is 0 Å². The maximum Gasteiger partial charge on any atom is 0.312 e. The number of rotatable bonds is 6. The van der Waals surface area contributed by atoms with E-state index in [0.717, 1.165) is 17.7 Å². The lowest BCUT2D eigenvalue weighted by molar-refractivity contribution is -0.154. The van der Waals surface area contributed by atoms with Crippen LogP contribution in [0.1, 0.15) is 31.9 Å². The van der Waals surface area contributed by atoms with E-state index in [1.54, 1.807) is 7.11 Å². The summed E-state index contributed by atoms with van der Waals surface area (Å²) >= 11 is 0. The zero-order chi connectivity index (χ0) is 19.2. The first-order valence-corrected chi connectivity index (χ1v) is 9.49. The maximum atomic E-state index is 13.3. The molecule has 1 aromatic carbocycles. The van der Waals surface area contributed by atoms with Crippen LogP contribution >= 0.6 is 0 Å². The molecule has 4 rings (SSSR count). The second-order valence-electron chi connectivity index (χ2n) is 7.48. The molecule has 1 amide bonds. The lowest BCUT2D eigenvalue weighted by Crippen LogP contribution is -2.40. The normalized spacial score (nSPS) is 31.9. The van der Waals surface area contributed by atoms with Crippen molar-refractivity contribution in [3.63, 3.8) is 0 Å². The van der Waals surface area contributed by atoms with Crippen LogP contribution < -0.4 is 4.74 Å². The number of hydrogen-bond donors (Lipinski definition) is 0. The summed E-state index contributed by atoms with van der Waals surface area (Å²) in [6.45, 7) is 4.77. The molecule has 2 fully saturated rings. The fourth-order valence-corrected chi connectivity index (χ4v) is 4.49. The fraction of sp³-hybridized carbons (Fsp3) is 0.524. The van der Waals surface area contributed by atoms with E-state index in [-0.39, 0.29) is 24.0 Å². The standard InChI is InChI=1S/C21H25NO5/c1-4-11-26-20(24)17-16-9-10-21(27-16)12-22(19(23)18(17)21)13(2)14-5-7-15(25-3)8-6-14/h5-10,13,16-18H,4,11-12H2,1-3H3/t13-,16-,17-,18-,21+/m1/s1. The lowest BCUT2D eigenvalue weighted by atomic mass is 9.77. The summed E-state index contributed by atoms with van der Waals surface area (Å²) < 4.78 is 16.7. The van der Waals surface area contributed by atoms with E-state index in [9.17, 15) is 9.59 Å². The summed E-state index contributed by atoms with van der Waals surface area (Å²) in [5.74, 6) is -0.647. The van der Waals surface area contributed by atoms with Gasteiger partial charge in [0.2, 0.25) is 5.91 Å². The Hall–Kier alpha value is -2.34. The number of hydrogen-bond acceptors (Lipinski definition) is 5. The predicted molar refractivity (Wildman–Crippen MR) is 98.1 cm³/mol. The third-order valence-electron chi connectivity index (χ3n) is 5.92. The molecule has 2 bridgehead atoms. The first-order chi connectivity index (χ1) is 13.0. The number of nitrogens with zero attached hydrogens (tertiary/aromatic N) is 1. The van der Waals surface area contributed by atoms with E-state index in [4.69, 9.17) is 14.2 Å². The number of carbonyl (C=O) groups excluding carboxylic acids is 2. The second kappa shape index (κ2) is 6.68. The van der Waals surface area contributed by atoms with E-state index in [0.29, 0.717) is 13.2 Å². The Kier molecular flexibility index (Phi) is 4.46. The van der Waals surface area contributed by atoms with Crippen molar-refractivity contribution in [2.24, 2.45) is 11.8 Å². The summed E-state index contributed by atoms with van der Waals surface area (Å²) in [4.78, 5) is 27.7. The van der Waals surface area contributed by atoms with E-state index in [2.05, 4.69) is 0 Å². The minimum Gasteiger partial charge on any atom is -0.497 e. The monoisotopic (exact) mass is 371 g/mol. The van der Waals surface area contributed by atoms with E-state index < -0.39 is 17.4 Å². The van der Waals surface area contributed by atoms with Gasteiger partial charge in [0.05, 0.1) is 38.3 Å². The van der Waals surface area contributed by atoms with Crippen molar-refractivity contribution in [3.05, 3.63) is 42.0 Å². The van der Waals surface area contributed by atoms with Crippen LogP contribution in [0.2, 0.25) is 0 Å². The van der Waals surface area contributed by atoms with Gasteiger partial charge in [0.25, 0.3) is 0 Å². The molecule has 6 nitrogen and oxygen atoms in total. The second-order valence-corrected chi connectivity index (χ2v) is 7.48. The molecule has 144 valence electrons. The van der Waals surface area contributed by atoms with Crippen molar-refractivity contribution in [2.45, 2.75) is 38.0 Å². The Morgan fingerprint density at radius 2 is 2.11 bits per heavy atom. The van der Waals surface area contributed by atoms with Crippen molar-refractivity contribution in [3.8, 4) is 5.75 Å². The van der Waals surface area contributed by atoms with Crippen LogP contribution in [0.3, 0.4) is 0 Å². The summed E-state index contributed by atoms with van der Waals surface area (Å²) in [7, 11) is 1.63. The van der Waals surface area contributed by atoms with Gasteiger partial charge in [-0.3, -0.25) is 9.59 Å². The van der Waals surface area contributed by atoms with Gasteiger partial charge in [-0.25, -0.2) is 0 Å². The molecule has 1 aromatic rings. The Labute approximate surface area is 159 Å². The molecule has 6 heteroatoms. The third kappa shape index (κ3) is 2.74. The van der Waals surface area contributed by atoms with Crippen LogP contribution in [0.5, 0.6) is 5.75 Å². The Balaban J connectivity index is 1.57. The minimum atomic E-state index is -0.710. The molecule has 0 aliphatic carbocycles. The molecule has 3 aliphatic heterocycles. The number of amides is 1. The largest absolute Gasteiger partial charge is 0.497 e. The van der Waals surface area contributed by atoms with Crippen LogP contribution in [-0.4, -0.2) is 48.7 Å². The number of fused-ring (bicyclic) bond motifs is 1. The highest BCUT2D eigenvalue weighted by Crippen LogP contribution is 2.53. The molecule has 0 saturated carbocycles. The molecule has 1 spiro atoms. The van der Waals surface area contributed by atoms with Gasteiger partial charge < -0.3 is 19.1 Å². The summed E-state index contributed by atoms with van der Waals surface area (Å²) in [5.41, 5.74) is 0.308. The topological polar surface area (TPSA) is 65.1 Å². The van der Waals surface area contributed by atoms with Gasteiger partial charge in [-0.1, -0.05) is 31.2 Å². The summed E-state index contributed by atoms with van der Waals surface area (Å²) in [5, 5.41) is 0. The molecular weight excluding hydrogens is 346 g/mol. The Morgan fingerprint density at radius 3 is 2.78 bits per heavy atom. The Morgan fingerprint density at radius 1 is 1.37 bits per heavy atom. The average Bonchev–Trinajstić information content (AvgIpc) is 3.34. The number of carbonyl (C=O) groups is 2. The maximum absolute atomic E-state index is 13.3. The quantitative estimate of drug-likeness (QED) is 0.568. The number of esters is 1. The lowest BCUT2D eigenvalue weighted by Gasteiger charge is -2.27. The van der Waals surface area contributed by atoms with Gasteiger partial charge in [-0.05, 0) is 31.0 Å². The van der Waals surface area contributed by atoms with Gasteiger partial charge in [-0.15, -0.1) is 0 Å². The average molecular weight is 371 g/mol. The zero-order valence-corrected chi connectivity index (χ0v) is 15.9. The van der Waals surface area contributed by atoms with E-state index in [1.807, 2.05) is 55.2 Å². The van der Waals surface area contributed by atoms with Gasteiger partial charge in [0, 0.05) is 0 Å². The number of likely N-dealkylation sites (tertiary alicyclic amines) is 1. The van der Waals surface area contributed by atoms with Crippen LogP contribution in [0.4, 0.5) is 0 Å². The third-order valence-corrected chi connectivity index (χ3v) is 5.92. The highest BCUT2D eigenvalue weighted by atomic mass is 16.6. The van der Waals surface area contributed by atoms with Crippen molar-refractivity contribution in [1.82, 2.24) is 4.90 Å². The molecule has 2 saturated heterocycles. The molecule has 3 heterocycles. The molecular formula is C21H25NO5. The number of ether oxygens (including phenoxy) is 3. The first kappa shape index (κ1) is 18.0. The molecule has 27 heavy (non-hydrogen) atoms. The van der Waals surface area contributed by atoms with Gasteiger partial charge in [0.15, 0.2) is 0 Å². The molecule has 0 radical (unpaired) electrons. The molecule has 5 atom stereocenters. The van der Waals surface area contributed by atoms with E-state index in [1.165, 1.54) is 0 Å². The molecule has 0 N–H and O–H groups in total. The van der Waals surface area contributed by atoms with Crippen molar-refractivity contribution < 1.29 is 23.8 Å². The Bertz CT molecular complexity index is 773. The molecule has 3 aliphatic rings. The van der Waals surface area contributed by atoms with Crippen LogP contribution in [-0.2, 0) is 19.1 Å². The smallest absolute Gasteiger partial charge is 0.312 e. The van der Waals surface area contributed by atoms with Crippen LogP contribution in [0.25, 0.3) is 0 Å². The van der Waals surface area contributed by atoms with Crippen LogP contribution in [0, 0.1) is 11.8 Å².